The minimum absolute atomic E-state index is 0.142. The predicted octanol–water partition coefficient (Wildman–Crippen LogP) is 1.11. The van der Waals surface area contributed by atoms with E-state index in [1.807, 2.05) is 12.1 Å². The third kappa shape index (κ3) is 4.35. The molecule has 1 aromatic carbocycles. The largest absolute Gasteiger partial charge is 0.383 e. The number of aliphatic imine (C=N–C) groups is 1. The van der Waals surface area contributed by atoms with Gasteiger partial charge in [0.25, 0.3) is 0 Å². The van der Waals surface area contributed by atoms with E-state index in [4.69, 9.17) is 10.6 Å². The van der Waals surface area contributed by atoms with E-state index in [-0.39, 0.29) is 6.04 Å². The number of aryl methyl sites for hydroxylation is 1. The molecule has 1 atom stereocenters. The number of methoxy groups -OCH3 is 1. The number of nitrogens with one attached hydrogen (secondary N) is 2. The number of nitrogens with zero attached hydrogens (tertiary/aromatic N) is 1. The monoisotopic (exact) mass is 250 g/mol. The maximum absolute atomic E-state index is 5.44. The van der Waals surface area contributed by atoms with Crippen molar-refractivity contribution in [3.8, 4) is 0 Å². The standard InChI is InChI=1S/C13H22N4O/c1-10-6-4-5-7-12(10)11(2)16-13(17-14)15-8-9-18-3/h4-7,11H,8-9,14H2,1-3H3,(H2,15,16,17). The molecule has 0 bridgehead atoms. The fourth-order valence-electron chi connectivity index (χ4n) is 1.74. The molecule has 4 N–H and O–H groups in total. The van der Waals surface area contributed by atoms with Crippen molar-refractivity contribution in [1.82, 2.24) is 10.7 Å². The molecule has 5 nitrogen and oxygen atoms in total. The Labute approximate surface area is 108 Å². The van der Waals surface area contributed by atoms with Gasteiger partial charge in [-0.25, -0.2) is 10.8 Å². The summed E-state index contributed by atoms with van der Waals surface area (Å²) in [5, 5.41) is 3.24. The topological polar surface area (TPSA) is 71.7 Å². The summed E-state index contributed by atoms with van der Waals surface area (Å²) in [7, 11) is 1.65. The van der Waals surface area contributed by atoms with Gasteiger partial charge < -0.3 is 10.1 Å². The quantitative estimate of drug-likeness (QED) is 0.241. The summed E-state index contributed by atoms with van der Waals surface area (Å²) >= 11 is 0. The summed E-state index contributed by atoms with van der Waals surface area (Å²) in [6.45, 7) is 5.31. The van der Waals surface area contributed by atoms with Gasteiger partial charge in [0.1, 0.15) is 0 Å². The van der Waals surface area contributed by atoms with E-state index in [9.17, 15) is 0 Å². The molecule has 0 saturated heterocycles. The van der Waals surface area contributed by atoms with Gasteiger partial charge >= 0.3 is 0 Å². The molecule has 0 aliphatic heterocycles. The van der Waals surface area contributed by atoms with Gasteiger partial charge in [-0.05, 0) is 25.0 Å². The minimum Gasteiger partial charge on any atom is -0.383 e. The van der Waals surface area contributed by atoms with Crippen molar-refractivity contribution in [2.45, 2.75) is 19.9 Å². The zero-order valence-electron chi connectivity index (χ0n) is 11.2. The molecule has 1 rings (SSSR count). The fraction of sp³-hybridized carbons (Fsp3) is 0.462. The van der Waals surface area contributed by atoms with Crippen LogP contribution >= 0.6 is 0 Å². The van der Waals surface area contributed by atoms with Crippen LogP contribution in [-0.2, 0) is 4.74 Å². The van der Waals surface area contributed by atoms with Gasteiger partial charge in [0, 0.05) is 7.11 Å². The van der Waals surface area contributed by atoms with Crippen LogP contribution in [0.3, 0.4) is 0 Å². The Morgan fingerprint density at radius 2 is 2.17 bits per heavy atom. The molecule has 0 spiro atoms. The van der Waals surface area contributed by atoms with E-state index in [0.717, 1.165) is 0 Å². The van der Waals surface area contributed by atoms with Gasteiger partial charge in [-0.2, -0.15) is 0 Å². The maximum atomic E-state index is 5.44. The smallest absolute Gasteiger partial charge is 0.206 e. The van der Waals surface area contributed by atoms with Crippen LogP contribution in [0.1, 0.15) is 24.1 Å². The number of benzene rings is 1. The first-order valence-corrected chi connectivity index (χ1v) is 6.01. The summed E-state index contributed by atoms with van der Waals surface area (Å²) in [4.78, 5) is 4.27. The molecule has 0 radical (unpaired) electrons. The zero-order chi connectivity index (χ0) is 13.4. The van der Waals surface area contributed by atoms with Crippen LogP contribution in [0.15, 0.2) is 29.3 Å². The second kappa shape index (κ2) is 7.68. The van der Waals surface area contributed by atoms with Crippen molar-refractivity contribution in [2.75, 3.05) is 20.3 Å². The first-order valence-electron chi connectivity index (χ1n) is 6.01. The van der Waals surface area contributed by atoms with Crippen LogP contribution in [0.25, 0.3) is 0 Å². The molecule has 0 heterocycles. The van der Waals surface area contributed by atoms with Gasteiger partial charge in [-0.15, -0.1) is 0 Å². The summed E-state index contributed by atoms with van der Waals surface area (Å²) < 4.78 is 4.94. The summed E-state index contributed by atoms with van der Waals surface area (Å²) in [6, 6.07) is 8.38. The summed E-state index contributed by atoms with van der Waals surface area (Å²) in [5.74, 6) is 6.01. The number of guanidine groups is 1. The van der Waals surface area contributed by atoms with Gasteiger partial charge in [-0.1, -0.05) is 24.3 Å². The highest BCUT2D eigenvalue weighted by Crippen LogP contribution is 2.16. The van der Waals surface area contributed by atoms with E-state index in [1.165, 1.54) is 11.1 Å². The number of hydrogen-bond donors (Lipinski definition) is 3. The lowest BCUT2D eigenvalue weighted by molar-refractivity contribution is 0.208. The Balaban J connectivity index is 2.65. The fourth-order valence-corrected chi connectivity index (χ4v) is 1.74. The predicted molar refractivity (Wildman–Crippen MR) is 74.2 cm³/mol. The zero-order valence-corrected chi connectivity index (χ0v) is 11.2. The average Bonchev–Trinajstić information content (AvgIpc) is 2.38. The number of rotatable bonds is 5. The van der Waals surface area contributed by atoms with Crippen LogP contribution in [0.5, 0.6) is 0 Å². The lowest BCUT2D eigenvalue weighted by Gasteiger charge is -2.18. The highest BCUT2D eigenvalue weighted by atomic mass is 16.5. The molecule has 0 saturated carbocycles. The first kappa shape index (κ1) is 14.5. The molecule has 1 unspecified atom stereocenters. The highest BCUT2D eigenvalue weighted by Gasteiger charge is 2.08. The number of hydrazine groups is 1. The summed E-state index contributed by atoms with van der Waals surface area (Å²) in [6.07, 6.45) is 0. The third-order valence-electron chi connectivity index (χ3n) is 2.71. The molecule has 100 valence electrons. The molecule has 1 aromatic rings. The minimum atomic E-state index is 0.142. The number of ether oxygens (including phenoxy) is 1. The van der Waals surface area contributed by atoms with Crippen molar-refractivity contribution in [1.29, 1.82) is 0 Å². The van der Waals surface area contributed by atoms with E-state index in [1.54, 1.807) is 7.11 Å². The Kier molecular flexibility index (Phi) is 6.18. The number of hydrogen-bond acceptors (Lipinski definition) is 3. The van der Waals surface area contributed by atoms with Gasteiger partial charge in [0.2, 0.25) is 5.96 Å². The van der Waals surface area contributed by atoms with Crippen LogP contribution in [0.4, 0.5) is 0 Å². The second-order valence-corrected chi connectivity index (χ2v) is 4.09. The SMILES string of the molecule is COCCN=C(NN)NC(C)c1ccccc1C. The number of nitrogens with two attached hydrogens (primary N) is 1. The van der Waals surface area contributed by atoms with E-state index < -0.39 is 0 Å². The molecule has 5 heteroatoms. The molecule has 0 aliphatic carbocycles. The molecular weight excluding hydrogens is 228 g/mol. The third-order valence-corrected chi connectivity index (χ3v) is 2.71. The van der Waals surface area contributed by atoms with E-state index in [2.05, 4.69) is 41.7 Å². The van der Waals surface area contributed by atoms with Crippen molar-refractivity contribution in [3.05, 3.63) is 35.4 Å². The molecule has 18 heavy (non-hydrogen) atoms. The second-order valence-electron chi connectivity index (χ2n) is 4.09. The summed E-state index contributed by atoms with van der Waals surface area (Å²) in [5.41, 5.74) is 5.03. The Hall–Kier alpha value is -1.59. The Bertz CT molecular complexity index is 392. The van der Waals surface area contributed by atoms with Gasteiger partial charge in [0.15, 0.2) is 0 Å². The van der Waals surface area contributed by atoms with Crippen molar-refractivity contribution < 1.29 is 4.74 Å². The van der Waals surface area contributed by atoms with Crippen molar-refractivity contribution >= 4 is 5.96 Å². The Morgan fingerprint density at radius 3 is 2.78 bits per heavy atom. The van der Waals surface area contributed by atoms with E-state index in [0.29, 0.717) is 19.1 Å². The highest BCUT2D eigenvalue weighted by molar-refractivity contribution is 5.79. The normalized spacial score (nSPS) is 13.2. The average molecular weight is 250 g/mol. The van der Waals surface area contributed by atoms with Crippen molar-refractivity contribution in [2.24, 2.45) is 10.8 Å². The van der Waals surface area contributed by atoms with Gasteiger partial charge in [-0.3, -0.25) is 5.43 Å². The maximum Gasteiger partial charge on any atom is 0.206 e. The van der Waals surface area contributed by atoms with Crippen LogP contribution in [0, 0.1) is 6.92 Å². The molecular formula is C13H22N4O. The van der Waals surface area contributed by atoms with E-state index >= 15 is 0 Å². The van der Waals surface area contributed by atoms with Crippen LogP contribution in [-0.4, -0.2) is 26.2 Å². The first-order chi connectivity index (χ1) is 8.69. The lowest BCUT2D eigenvalue weighted by atomic mass is 10.0. The van der Waals surface area contributed by atoms with Crippen molar-refractivity contribution in [3.63, 3.8) is 0 Å². The van der Waals surface area contributed by atoms with Crippen LogP contribution in [0.2, 0.25) is 0 Å². The van der Waals surface area contributed by atoms with Crippen LogP contribution < -0.4 is 16.6 Å². The molecule has 0 aliphatic rings. The Morgan fingerprint density at radius 1 is 1.44 bits per heavy atom. The molecule has 0 amide bonds. The lowest BCUT2D eigenvalue weighted by Crippen LogP contribution is -2.43. The molecule has 0 fully saturated rings. The molecule has 0 aromatic heterocycles. The van der Waals surface area contributed by atoms with Gasteiger partial charge in [0.05, 0.1) is 19.2 Å².